The van der Waals surface area contributed by atoms with Gasteiger partial charge in [-0.25, -0.2) is 0 Å². The summed E-state index contributed by atoms with van der Waals surface area (Å²) in [5.74, 6) is 1.78. The molecule has 0 atom stereocenters. The second kappa shape index (κ2) is 7.39. The first-order valence-electron chi connectivity index (χ1n) is 9.90. The summed E-state index contributed by atoms with van der Waals surface area (Å²) in [6.07, 6.45) is 3.68. The molecular weight excluding hydrogens is 368 g/mol. The third kappa shape index (κ3) is 3.41. The summed E-state index contributed by atoms with van der Waals surface area (Å²) >= 11 is 0. The lowest BCUT2D eigenvalue weighted by molar-refractivity contribution is 0.0891. The number of amides is 1. The van der Waals surface area contributed by atoms with Gasteiger partial charge in [-0.2, -0.15) is 4.98 Å². The van der Waals surface area contributed by atoms with E-state index >= 15 is 0 Å². The van der Waals surface area contributed by atoms with Crippen molar-refractivity contribution in [3.63, 3.8) is 0 Å². The van der Waals surface area contributed by atoms with E-state index in [0.29, 0.717) is 17.3 Å². The maximum Gasteiger partial charge on any atom is 0.253 e. The van der Waals surface area contributed by atoms with E-state index in [1.54, 1.807) is 14.0 Å². The Morgan fingerprint density at radius 1 is 1.17 bits per heavy atom. The van der Waals surface area contributed by atoms with E-state index in [2.05, 4.69) is 20.0 Å². The van der Waals surface area contributed by atoms with Gasteiger partial charge >= 0.3 is 0 Å². The molecule has 29 heavy (non-hydrogen) atoms. The van der Waals surface area contributed by atoms with Crippen LogP contribution in [0.1, 0.15) is 59.1 Å². The summed E-state index contributed by atoms with van der Waals surface area (Å²) in [5.41, 5.74) is 2.97. The van der Waals surface area contributed by atoms with Crippen LogP contribution in [0.2, 0.25) is 0 Å². The number of carbonyl (C=O) groups excluding carboxylic acids is 1. The number of benzene rings is 1. The van der Waals surface area contributed by atoms with E-state index in [1.165, 1.54) is 0 Å². The smallest absolute Gasteiger partial charge is 0.253 e. The molecule has 0 spiro atoms. The van der Waals surface area contributed by atoms with Gasteiger partial charge in [0.15, 0.2) is 5.82 Å². The molecule has 1 amide bonds. The Kier molecular flexibility index (Phi) is 4.90. The van der Waals surface area contributed by atoms with E-state index in [0.717, 1.165) is 48.5 Å². The van der Waals surface area contributed by atoms with Crippen molar-refractivity contribution in [3.05, 3.63) is 59.0 Å². The van der Waals surface area contributed by atoms with Crippen molar-refractivity contribution >= 4 is 5.91 Å². The van der Waals surface area contributed by atoms with Crippen LogP contribution in [0.3, 0.4) is 0 Å². The summed E-state index contributed by atoms with van der Waals surface area (Å²) in [7, 11) is 1.65. The molecule has 4 rings (SSSR count). The number of aryl methyl sites for hydroxylation is 2. The zero-order valence-electron chi connectivity index (χ0n) is 17.3. The molecule has 7 nitrogen and oxygen atoms in total. The lowest BCUT2D eigenvalue weighted by atomic mass is 9.96. The van der Waals surface area contributed by atoms with Crippen LogP contribution in [0.4, 0.5) is 0 Å². The molecule has 0 bridgehead atoms. The van der Waals surface area contributed by atoms with Crippen LogP contribution in [-0.2, 0) is 5.54 Å². The molecule has 1 aliphatic rings. The van der Waals surface area contributed by atoms with Crippen LogP contribution in [0.25, 0.3) is 5.69 Å². The zero-order valence-corrected chi connectivity index (χ0v) is 17.3. The minimum absolute atomic E-state index is 0.109. The Bertz CT molecular complexity index is 1030. The summed E-state index contributed by atoms with van der Waals surface area (Å²) in [6.45, 7) is 5.73. The number of carbonyl (C=O) groups is 1. The Morgan fingerprint density at radius 2 is 1.86 bits per heavy atom. The molecule has 0 unspecified atom stereocenters. The summed E-state index contributed by atoms with van der Waals surface area (Å²) in [4.78, 5) is 17.7. The highest BCUT2D eigenvalue weighted by Crippen LogP contribution is 2.37. The molecule has 0 radical (unpaired) electrons. The fraction of sp³-hybridized carbons (Fsp3) is 0.409. The number of methoxy groups -OCH3 is 1. The summed E-state index contributed by atoms with van der Waals surface area (Å²) < 4.78 is 12.5. The van der Waals surface area contributed by atoms with Crippen molar-refractivity contribution in [2.75, 3.05) is 7.11 Å². The van der Waals surface area contributed by atoms with E-state index < -0.39 is 5.54 Å². The van der Waals surface area contributed by atoms with Crippen LogP contribution in [-0.4, -0.2) is 27.7 Å². The molecule has 1 aliphatic carbocycles. The van der Waals surface area contributed by atoms with Crippen molar-refractivity contribution in [2.24, 2.45) is 0 Å². The Hall–Kier alpha value is -3.09. The van der Waals surface area contributed by atoms with Crippen LogP contribution < -0.4 is 10.1 Å². The molecule has 1 N–H and O–H groups in total. The maximum atomic E-state index is 13.3. The van der Waals surface area contributed by atoms with Crippen molar-refractivity contribution in [1.29, 1.82) is 0 Å². The number of hydrogen-bond acceptors (Lipinski definition) is 5. The van der Waals surface area contributed by atoms with E-state index in [4.69, 9.17) is 9.26 Å². The highest BCUT2D eigenvalue weighted by molar-refractivity contribution is 5.96. The number of nitrogens with zero attached hydrogens (tertiary/aromatic N) is 3. The zero-order chi connectivity index (χ0) is 20.6. The first-order chi connectivity index (χ1) is 13.9. The lowest BCUT2D eigenvalue weighted by Crippen LogP contribution is -2.44. The molecule has 7 heteroatoms. The number of nitrogens with one attached hydrogen (secondary N) is 1. The minimum Gasteiger partial charge on any atom is -0.497 e. The number of ether oxygens (including phenoxy) is 1. The Labute approximate surface area is 170 Å². The third-order valence-electron chi connectivity index (χ3n) is 5.77. The lowest BCUT2D eigenvalue weighted by Gasteiger charge is -2.26. The topological polar surface area (TPSA) is 82.2 Å². The van der Waals surface area contributed by atoms with E-state index in [9.17, 15) is 4.79 Å². The third-order valence-corrected chi connectivity index (χ3v) is 5.77. The van der Waals surface area contributed by atoms with E-state index in [1.807, 2.05) is 44.2 Å². The SMILES string of the molecule is COc1ccc(-n2c(C)cc(C(=O)NC3(c4noc(C)n4)CCCC3)c2C)cc1. The molecule has 0 saturated heterocycles. The first-order valence-corrected chi connectivity index (χ1v) is 9.90. The summed E-state index contributed by atoms with van der Waals surface area (Å²) in [6, 6.07) is 9.74. The van der Waals surface area contributed by atoms with Gasteiger partial charge in [-0.05, 0) is 57.0 Å². The molecule has 1 saturated carbocycles. The molecule has 3 aromatic rings. The van der Waals surface area contributed by atoms with Crippen LogP contribution in [0, 0.1) is 20.8 Å². The average Bonchev–Trinajstić information content (AvgIpc) is 3.42. The highest BCUT2D eigenvalue weighted by Gasteiger charge is 2.41. The molecule has 1 aromatic carbocycles. The second-order valence-corrected chi connectivity index (χ2v) is 7.70. The summed E-state index contributed by atoms with van der Waals surface area (Å²) in [5, 5.41) is 7.34. The standard InChI is InChI=1S/C22H26N4O3/c1-14-13-19(15(2)26(14)17-7-9-18(28-4)10-8-17)20(27)24-22(11-5-6-12-22)21-23-16(3)29-25-21/h7-10,13H,5-6,11-12H2,1-4H3,(H,24,27). The predicted octanol–water partition coefficient (Wildman–Crippen LogP) is 3.99. The van der Waals surface area contributed by atoms with Crippen LogP contribution in [0.15, 0.2) is 34.9 Å². The Balaban J connectivity index is 1.65. The van der Waals surface area contributed by atoms with Gasteiger partial charge in [0.2, 0.25) is 5.89 Å². The maximum absolute atomic E-state index is 13.3. The fourth-order valence-electron chi connectivity index (χ4n) is 4.28. The minimum atomic E-state index is -0.558. The van der Waals surface area contributed by atoms with Gasteiger partial charge in [-0.15, -0.1) is 0 Å². The molecular formula is C22H26N4O3. The number of hydrogen-bond donors (Lipinski definition) is 1. The van der Waals surface area contributed by atoms with Gasteiger partial charge < -0.3 is 19.1 Å². The van der Waals surface area contributed by atoms with Crippen molar-refractivity contribution in [1.82, 2.24) is 20.0 Å². The van der Waals surface area contributed by atoms with Gasteiger partial charge in [0.25, 0.3) is 5.91 Å². The molecule has 0 aliphatic heterocycles. The number of aromatic nitrogens is 3. The van der Waals surface area contributed by atoms with Gasteiger partial charge in [-0.3, -0.25) is 4.79 Å². The van der Waals surface area contributed by atoms with Crippen LogP contribution in [0.5, 0.6) is 5.75 Å². The molecule has 2 aromatic heterocycles. The number of rotatable bonds is 5. The van der Waals surface area contributed by atoms with Gasteiger partial charge in [0, 0.05) is 24.0 Å². The van der Waals surface area contributed by atoms with Crippen molar-refractivity contribution < 1.29 is 14.1 Å². The predicted molar refractivity (Wildman–Crippen MR) is 108 cm³/mol. The largest absolute Gasteiger partial charge is 0.497 e. The van der Waals surface area contributed by atoms with Gasteiger partial charge in [0.05, 0.1) is 12.7 Å². The second-order valence-electron chi connectivity index (χ2n) is 7.70. The molecule has 152 valence electrons. The normalized spacial score (nSPS) is 15.4. The monoisotopic (exact) mass is 394 g/mol. The van der Waals surface area contributed by atoms with E-state index in [-0.39, 0.29) is 5.91 Å². The van der Waals surface area contributed by atoms with Gasteiger partial charge in [0.1, 0.15) is 11.3 Å². The van der Waals surface area contributed by atoms with Crippen molar-refractivity contribution in [3.8, 4) is 11.4 Å². The fourth-order valence-corrected chi connectivity index (χ4v) is 4.28. The molecule has 1 fully saturated rings. The highest BCUT2D eigenvalue weighted by atomic mass is 16.5. The molecule has 2 heterocycles. The van der Waals surface area contributed by atoms with Crippen LogP contribution >= 0.6 is 0 Å². The Morgan fingerprint density at radius 3 is 2.45 bits per heavy atom. The quantitative estimate of drug-likeness (QED) is 0.707. The van der Waals surface area contributed by atoms with Gasteiger partial charge in [-0.1, -0.05) is 18.0 Å². The van der Waals surface area contributed by atoms with Crippen molar-refractivity contribution in [2.45, 2.75) is 52.0 Å². The average molecular weight is 394 g/mol. The first kappa shape index (κ1) is 19.2.